The van der Waals surface area contributed by atoms with E-state index in [0.717, 1.165) is 5.56 Å². The van der Waals surface area contributed by atoms with Crippen LogP contribution in [0.3, 0.4) is 0 Å². The quantitative estimate of drug-likeness (QED) is 0.741. The molecule has 2 aromatic rings. The number of hydrogen-bond donors (Lipinski definition) is 3. The number of benzene rings is 2. The van der Waals surface area contributed by atoms with Gasteiger partial charge in [-0.2, -0.15) is 0 Å². The van der Waals surface area contributed by atoms with Gasteiger partial charge >= 0.3 is 5.97 Å². The molecule has 0 spiro atoms. The van der Waals surface area contributed by atoms with Crippen LogP contribution in [0.2, 0.25) is 0 Å². The summed E-state index contributed by atoms with van der Waals surface area (Å²) in [4.78, 5) is 11.1. The van der Waals surface area contributed by atoms with E-state index in [-0.39, 0.29) is 16.9 Å². The SMILES string of the molecule is Cc1ccc(F)c(Nc2cc(N)ccc2C(=O)O)c1. The van der Waals surface area contributed by atoms with Gasteiger partial charge in [0.05, 0.1) is 16.9 Å². The summed E-state index contributed by atoms with van der Waals surface area (Å²) >= 11 is 0. The molecule has 98 valence electrons. The molecular formula is C14H13FN2O2. The Bertz CT molecular complexity index is 641. The molecule has 0 aliphatic carbocycles. The highest BCUT2D eigenvalue weighted by atomic mass is 19.1. The fourth-order valence-corrected chi connectivity index (χ4v) is 1.73. The molecule has 0 unspecified atom stereocenters. The maximum atomic E-state index is 13.6. The highest BCUT2D eigenvalue weighted by Gasteiger charge is 2.12. The Kier molecular flexibility index (Phi) is 3.37. The summed E-state index contributed by atoms with van der Waals surface area (Å²) in [6, 6.07) is 8.90. The van der Waals surface area contributed by atoms with Crippen LogP contribution in [0.15, 0.2) is 36.4 Å². The zero-order chi connectivity index (χ0) is 14.0. The normalized spacial score (nSPS) is 10.2. The summed E-state index contributed by atoms with van der Waals surface area (Å²) in [5, 5.41) is 11.9. The minimum atomic E-state index is -1.10. The largest absolute Gasteiger partial charge is 0.478 e. The van der Waals surface area contributed by atoms with Gasteiger partial charge in [-0.1, -0.05) is 6.07 Å². The van der Waals surface area contributed by atoms with Crippen LogP contribution in [0.5, 0.6) is 0 Å². The van der Waals surface area contributed by atoms with Gasteiger partial charge in [0.25, 0.3) is 0 Å². The number of carboxylic acids is 1. The predicted molar refractivity (Wildman–Crippen MR) is 72.2 cm³/mol. The fraction of sp³-hybridized carbons (Fsp3) is 0.0714. The van der Waals surface area contributed by atoms with E-state index in [0.29, 0.717) is 5.69 Å². The molecule has 0 atom stereocenters. The summed E-state index contributed by atoms with van der Waals surface area (Å²) < 4.78 is 13.6. The number of anilines is 3. The number of carbonyl (C=O) groups is 1. The lowest BCUT2D eigenvalue weighted by Crippen LogP contribution is -2.04. The van der Waals surface area contributed by atoms with Crippen LogP contribution in [0.25, 0.3) is 0 Å². The molecule has 0 amide bonds. The second-order valence-electron chi connectivity index (χ2n) is 4.22. The van der Waals surface area contributed by atoms with Crippen molar-refractivity contribution in [2.75, 3.05) is 11.1 Å². The first kappa shape index (κ1) is 12.9. The van der Waals surface area contributed by atoms with E-state index in [9.17, 15) is 9.18 Å². The number of aryl methyl sites for hydroxylation is 1. The molecule has 2 aromatic carbocycles. The smallest absolute Gasteiger partial charge is 0.337 e. The van der Waals surface area contributed by atoms with Crippen LogP contribution in [0.4, 0.5) is 21.5 Å². The molecule has 0 saturated heterocycles. The third-order valence-electron chi connectivity index (χ3n) is 2.67. The van der Waals surface area contributed by atoms with Gasteiger partial charge in [0, 0.05) is 5.69 Å². The number of aromatic carboxylic acids is 1. The molecule has 5 heteroatoms. The van der Waals surface area contributed by atoms with E-state index in [1.807, 2.05) is 6.92 Å². The Morgan fingerprint density at radius 3 is 2.63 bits per heavy atom. The number of halogens is 1. The molecule has 0 aromatic heterocycles. The summed E-state index contributed by atoms with van der Waals surface area (Å²) in [7, 11) is 0. The van der Waals surface area contributed by atoms with Crippen molar-refractivity contribution >= 4 is 23.0 Å². The number of rotatable bonds is 3. The van der Waals surface area contributed by atoms with E-state index in [2.05, 4.69) is 5.32 Å². The zero-order valence-corrected chi connectivity index (χ0v) is 10.3. The van der Waals surface area contributed by atoms with Crippen molar-refractivity contribution in [3.05, 3.63) is 53.3 Å². The zero-order valence-electron chi connectivity index (χ0n) is 10.3. The van der Waals surface area contributed by atoms with E-state index in [4.69, 9.17) is 10.8 Å². The predicted octanol–water partition coefficient (Wildman–Crippen LogP) is 3.16. The first-order valence-corrected chi connectivity index (χ1v) is 5.63. The van der Waals surface area contributed by atoms with Crippen LogP contribution in [-0.4, -0.2) is 11.1 Å². The standard InChI is InChI=1S/C14H13FN2O2/c1-8-2-5-11(15)13(6-8)17-12-7-9(16)3-4-10(12)14(18)19/h2-7,17H,16H2,1H3,(H,18,19). The Morgan fingerprint density at radius 1 is 1.21 bits per heavy atom. The van der Waals surface area contributed by atoms with Crippen LogP contribution in [-0.2, 0) is 0 Å². The molecular weight excluding hydrogens is 247 g/mol. The van der Waals surface area contributed by atoms with Crippen LogP contribution >= 0.6 is 0 Å². The monoisotopic (exact) mass is 260 g/mol. The minimum absolute atomic E-state index is 0.0371. The molecule has 0 fully saturated rings. The number of carboxylic acid groups (broad SMARTS) is 1. The maximum absolute atomic E-state index is 13.6. The van der Waals surface area contributed by atoms with E-state index in [1.54, 1.807) is 12.1 Å². The first-order chi connectivity index (χ1) is 8.97. The number of nitrogen functional groups attached to an aromatic ring is 1. The Morgan fingerprint density at radius 2 is 1.95 bits per heavy atom. The van der Waals surface area contributed by atoms with Gasteiger partial charge in [-0.15, -0.1) is 0 Å². The van der Waals surface area contributed by atoms with Crippen molar-refractivity contribution in [2.45, 2.75) is 6.92 Å². The lowest BCUT2D eigenvalue weighted by atomic mass is 10.1. The van der Waals surface area contributed by atoms with Crippen molar-refractivity contribution in [3.63, 3.8) is 0 Å². The van der Waals surface area contributed by atoms with Crippen LogP contribution < -0.4 is 11.1 Å². The fourth-order valence-electron chi connectivity index (χ4n) is 1.73. The molecule has 0 bridgehead atoms. The van der Waals surface area contributed by atoms with E-state index in [1.165, 1.54) is 24.3 Å². The lowest BCUT2D eigenvalue weighted by molar-refractivity contribution is 0.0698. The van der Waals surface area contributed by atoms with Gasteiger partial charge in [-0.25, -0.2) is 9.18 Å². The molecule has 0 heterocycles. The second kappa shape index (κ2) is 4.97. The minimum Gasteiger partial charge on any atom is -0.478 e. The van der Waals surface area contributed by atoms with Gasteiger partial charge in [0.2, 0.25) is 0 Å². The van der Waals surface area contributed by atoms with Gasteiger partial charge in [-0.05, 0) is 42.8 Å². The van der Waals surface area contributed by atoms with Crippen molar-refractivity contribution < 1.29 is 14.3 Å². The van der Waals surface area contributed by atoms with Crippen molar-refractivity contribution in [1.82, 2.24) is 0 Å². The summed E-state index contributed by atoms with van der Waals surface area (Å²) in [6.07, 6.45) is 0. The van der Waals surface area contributed by atoms with Gasteiger partial charge in [-0.3, -0.25) is 0 Å². The van der Waals surface area contributed by atoms with Gasteiger partial charge < -0.3 is 16.2 Å². The van der Waals surface area contributed by atoms with Gasteiger partial charge in [0.15, 0.2) is 0 Å². The highest BCUT2D eigenvalue weighted by molar-refractivity contribution is 5.96. The third-order valence-corrected chi connectivity index (χ3v) is 2.67. The molecule has 4 N–H and O–H groups in total. The van der Waals surface area contributed by atoms with Crippen molar-refractivity contribution in [1.29, 1.82) is 0 Å². The molecule has 0 aliphatic rings. The second-order valence-corrected chi connectivity index (χ2v) is 4.22. The average Bonchev–Trinajstić information content (AvgIpc) is 2.33. The number of nitrogens with one attached hydrogen (secondary N) is 1. The van der Waals surface area contributed by atoms with Crippen molar-refractivity contribution in [3.8, 4) is 0 Å². The Labute approximate surface area is 109 Å². The van der Waals surface area contributed by atoms with E-state index < -0.39 is 11.8 Å². The van der Waals surface area contributed by atoms with E-state index >= 15 is 0 Å². The topological polar surface area (TPSA) is 75.3 Å². The molecule has 19 heavy (non-hydrogen) atoms. The Balaban J connectivity index is 2.45. The third kappa shape index (κ3) is 2.82. The first-order valence-electron chi connectivity index (χ1n) is 5.63. The van der Waals surface area contributed by atoms with Crippen LogP contribution in [0, 0.1) is 12.7 Å². The Hall–Kier alpha value is -2.56. The number of hydrogen-bond acceptors (Lipinski definition) is 3. The molecule has 0 radical (unpaired) electrons. The number of nitrogens with two attached hydrogens (primary N) is 1. The van der Waals surface area contributed by atoms with Crippen LogP contribution in [0.1, 0.15) is 15.9 Å². The lowest BCUT2D eigenvalue weighted by Gasteiger charge is -2.11. The van der Waals surface area contributed by atoms with Crippen molar-refractivity contribution in [2.24, 2.45) is 0 Å². The molecule has 2 rings (SSSR count). The summed E-state index contributed by atoms with van der Waals surface area (Å²) in [6.45, 7) is 1.82. The average molecular weight is 260 g/mol. The maximum Gasteiger partial charge on any atom is 0.337 e. The summed E-state index contributed by atoms with van der Waals surface area (Å²) in [5.41, 5.74) is 7.41. The van der Waals surface area contributed by atoms with Gasteiger partial charge in [0.1, 0.15) is 5.82 Å². The highest BCUT2D eigenvalue weighted by Crippen LogP contribution is 2.26. The molecule has 0 saturated carbocycles. The summed E-state index contributed by atoms with van der Waals surface area (Å²) in [5.74, 6) is -1.56. The molecule has 0 aliphatic heterocycles. The molecule has 4 nitrogen and oxygen atoms in total.